The third-order valence-corrected chi connectivity index (χ3v) is 5.62. The first-order valence-corrected chi connectivity index (χ1v) is 9.52. The van der Waals surface area contributed by atoms with Gasteiger partial charge in [-0.05, 0) is 57.7 Å². The second-order valence-corrected chi connectivity index (χ2v) is 9.87. The number of benzene rings is 1. The average Bonchev–Trinajstić information content (AvgIpc) is 2.75. The van der Waals surface area contributed by atoms with E-state index >= 15 is 0 Å². The van der Waals surface area contributed by atoms with E-state index in [0.717, 1.165) is 6.54 Å². The summed E-state index contributed by atoms with van der Waals surface area (Å²) in [5, 5.41) is 1.25. The molecule has 2 aromatic rings. The molecule has 1 aromatic heterocycles. The van der Waals surface area contributed by atoms with E-state index in [1.807, 2.05) is 20.8 Å². The Bertz CT molecular complexity index is 670. The molecule has 0 amide bonds. The van der Waals surface area contributed by atoms with Crippen LogP contribution in [0.25, 0.3) is 10.9 Å². The Morgan fingerprint density at radius 3 is 2.43 bits per heavy atom. The van der Waals surface area contributed by atoms with Crippen molar-refractivity contribution < 1.29 is 4.55 Å². The van der Waals surface area contributed by atoms with Crippen molar-refractivity contribution in [2.75, 3.05) is 0 Å². The van der Waals surface area contributed by atoms with E-state index in [1.165, 1.54) is 22.0 Å². The lowest BCUT2D eigenvalue weighted by Crippen LogP contribution is -2.40. The average molecular weight is 335 g/mol. The van der Waals surface area contributed by atoms with Crippen molar-refractivity contribution in [3.63, 3.8) is 0 Å². The zero-order valence-electron chi connectivity index (χ0n) is 15.4. The molecule has 0 fully saturated rings. The molecule has 0 saturated carbocycles. The van der Waals surface area contributed by atoms with Crippen LogP contribution < -0.4 is 4.72 Å². The first-order chi connectivity index (χ1) is 10.6. The van der Waals surface area contributed by atoms with Gasteiger partial charge in [0.25, 0.3) is 0 Å². The molecule has 0 aliphatic heterocycles. The Kier molecular flexibility index (Phi) is 5.49. The highest BCUT2D eigenvalue weighted by atomic mass is 32.2. The molecular formula is C19H30N2OS. The summed E-state index contributed by atoms with van der Waals surface area (Å²) in [5.41, 5.74) is 3.76. The first-order valence-electron chi connectivity index (χ1n) is 8.37. The summed E-state index contributed by atoms with van der Waals surface area (Å²) in [7, 11) is 0. The molecule has 23 heavy (non-hydrogen) atoms. The monoisotopic (exact) mass is 334 g/mol. The Morgan fingerprint density at radius 1 is 1.22 bits per heavy atom. The number of hydrogen-bond acceptors (Lipinski definition) is 2. The third-order valence-electron chi connectivity index (χ3n) is 3.94. The van der Waals surface area contributed by atoms with Crippen LogP contribution in [0.2, 0.25) is 0 Å². The minimum atomic E-state index is -1.08. The summed E-state index contributed by atoms with van der Waals surface area (Å²) in [5.74, 6) is 0.589. The van der Waals surface area contributed by atoms with Gasteiger partial charge in [0.2, 0.25) is 0 Å². The van der Waals surface area contributed by atoms with Crippen LogP contribution >= 0.6 is 0 Å². The molecule has 4 heteroatoms. The fourth-order valence-electron chi connectivity index (χ4n) is 2.72. The lowest BCUT2D eigenvalue weighted by atomic mass is 10.1. The number of aryl methyl sites for hydroxylation is 1. The molecule has 1 aromatic carbocycles. The van der Waals surface area contributed by atoms with E-state index in [9.17, 15) is 4.55 Å². The van der Waals surface area contributed by atoms with Gasteiger partial charge in [0.1, 0.15) is 4.75 Å². The molecule has 2 atom stereocenters. The fraction of sp³-hybridized carbons (Fsp3) is 0.579. The molecule has 0 radical (unpaired) electrons. The Balaban J connectivity index is 2.40. The third kappa shape index (κ3) is 4.31. The van der Waals surface area contributed by atoms with E-state index in [0.29, 0.717) is 5.92 Å². The van der Waals surface area contributed by atoms with Crippen molar-refractivity contribution in [2.45, 2.75) is 65.8 Å². The second-order valence-electron chi connectivity index (χ2n) is 7.87. The van der Waals surface area contributed by atoms with E-state index in [-0.39, 0.29) is 10.8 Å². The summed E-state index contributed by atoms with van der Waals surface area (Å²) in [6.45, 7) is 15.7. The highest BCUT2D eigenvalue weighted by molar-refractivity contribution is 7.90. The molecule has 1 N–H and O–H groups in total. The molecular weight excluding hydrogens is 304 g/mol. The molecule has 0 aliphatic rings. The highest BCUT2D eigenvalue weighted by Crippen LogP contribution is 2.29. The van der Waals surface area contributed by atoms with Crippen molar-refractivity contribution in [1.82, 2.24) is 9.29 Å². The minimum absolute atomic E-state index is 0.0497. The van der Waals surface area contributed by atoms with Gasteiger partial charge < -0.3 is 9.12 Å². The molecule has 0 saturated heterocycles. The van der Waals surface area contributed by atoms with E-state index in [4.69, 9.17) is 0 Å². The maximum absolute atomic E-state index is 12.4. The molecule has 1 heterocycles. The topological polar surface area (TPSA) is 40.0 Å². The molecule has 0 bridgehead atoms. The normalized spacial score (nSPS) is 15.3. The number of nitrogens with one attached hydrogen (secondary N) is 1. The van der Waals surface area contributed by atoms with E-state index in [1.54, 1.807) is 0 Å². The van der Waals surface area contributed by atoms with Gasteiger partial charge in [-0.25, -0.2) is 0 Å². The fourth-order valence-corrected chi connectivity index (χ4v) is 3.52. The van der Waals surface area contributed by atoms with Crippen LogP contribution in [0.1, 0.15) is 58.7 Å². The molecule has 0 unspecified atom stereocenters. The number of nitrogens with zero attached hydrogens (tertiary/aromatic N) is 1. The summed E-state index contributed by atoms with van der Waals surface area (Å²) in [6, 6.07) is 6.64. The van der Waals surface area contributed by atoms with Crippen LogP contribution in [0.3, 0.4) is 0 Å². The van der Waals surface area contributed by atoms with Gasteiger partial charge >= 0.3 is 0 Å². The van der Waals surface area contributed by atoms with Crippen LogP contribution in [-0.2, 0) is 17.9 Å². The van der Waals surface area contributed by atoms with Gasteiger partial charge in [0, 0.05) is 35.0 Å². The van der Waals surface area contributed by atoms with Crippen molar-refractivity contribution in [3.8, 4) is 0 Å². The van der Waals surface area contributed by atoms with Gasteiger partial charge in [0.05, 0.1) is 6.04 Å². The Hall–Kier alpha value is -0.970. The molecule has 0 spiro atoms. The predicted octanol–water partition coefficient (Wildman–Crippen LogP) is 4.72. The zero-order valence-corrected chi connectivity index (χ0v) is 16.3. The summed E-state index contributed by atoms with van der Waals surface area (Å²) in [6.07, 6.45) is 2.22. The van der Waals surface area contributed by atoms with Crippen LogP contribution in [0.4, 0.5) is 0 Å². The van der Waals surface area contributed by atoms with E-state index in [2.05, 4.69) is 61.4 Å². The highest BCUT2D eigenvalue weighted by Gasteiger charge is 2.29. The Morgan fingerprint density at radius 2 is 1.87 bits per heavy atom. The zero-order chi connectivity index (χ0) is 17.4. The SMILES string of the molecule is Cc1ccc2c([C@@H](C)N[S@@+]([O-])C(C)(C)C)cn(CC(C)C)c2c1. The maximum Gasteiger partial charge on any atom is 0.136 e. The van der Waals surface area contributed by atoms with Crippen molar-refractivity contribution in [1.29, 1.82) is 0 Å². The lowest BCUT2D eigenvalue weighted by molar-refractivity contribution is 0.525. The van der Waals surface area contributed by atoms with E-state index < -0.39 is 11.4 Å². The second kappa shape index (κ2) is 6.88. The quantitative estimate of drug-likeness (QED) is 0.804. The first kappa shape index (κ1) is 18.4. The standard InChI is InChI=1S/C19H30N2OS/c1-13(2)11-21-12-17(15(4)20-23(22)19(5,6)7)16-9-8-14(3)10-18(16)21/h8-10,12-13,15,20H,11H2,1-7H3/t15-,23+/m1/s1. The number of hydrogen-bond donors (Lipinski definition) is 1. The largest absolute Gasteiger partial charge is 0.598 e. The smallest absolute Gasteiger partial charge is 0.136 e. The van der Waals surface area contributed by atoms with Crippen LogP contribution in [0.15, 0.2) is 24.4 Å². The Labute approximate surface area is 143 Å². The lowest BCUT2D eigenvalue weighted by Gasteiger charge is -2.26. The van der Waals surface area contributed by atoms with Gasteiger partial charge in [-0.1, -0.05) is 26.0 Å². The van der Waals surface area contributed by atoms with Crippen molar-refractivity contribution >= 4 is 22.3 Å². The van der Waals surface area contributed by atoms with Crippen LogP contribution in [-0.4, -0.2) is 13.9 Å². The van der Waals surface area contributed by atoms with Crippen LogP contribution in [0, 0.1) is 12.8 Å². The summed E-state index contributed by atoms with van der Waals surface area (Å²) in [4.78, 5) is 0. The number of rotatable bonds is 5. The van der Waals surface area contributed by atoms with Gasteiger partial charge in [0.15, 0.2) is 0 Å². The van der Waals surface area contributed by atoms with Crippen molar-refractivity contribution in [3.05, 3.63) is 35.5 Å². The summed E-state index contributed by atoms with van der Waals surface area (Å²) < 4.78 is 17.8. The number of aromatic nitrogens is 1. The van der Waals surface area contributed by atoms with Crippen LogP contribution in [0.5, 0.6) is 0 Å². The minimum Gasteiger partial charge on any atom is -0.598 e. The van der Waals surface area contributed by atoms with Crippen molar-refractivity contribution in [2.24, 2.45) is 5.92 Å². The maximum atomic E-state index is 12.4. The molecule has 0 aliphatic carbocycles. The molecule has 128 valence electrons. The summed E-state index contributed by atoms with van der Waals surface area (Å²) >= 11 is -1.08. The molecule has 2 rings (SSSR count). The van der Waals surface area contributed by atoms with Gasteiger partial charge in [-0.2, -0.15) is 0 Å². The van der Waals surface area contributed by atoms with Gasteiger partial charge in [-0.15, -0.1) is 4.72 Å². The molecule has 3 nitrogen and oxygen atoms in total. The number of fused-ring (bicyclic) bond motifs is 1. The predicted molar refractivity (Wildman–Crippen MR) is 101 cm³/mol. The van der Waals surface area contributed by atoms with Gasteiger partial charge in [-0.3, -0.25) is 0 Å².